The number of aromatic nitrogens is 2. The van der Waals surface area contributed by atoms with Crippen molar-refractivity contribution in [1.29, 1.82) is 5.26 Å². The van der Waals surface area contributed by atoms with Gasteiger partial charge in [-0.3, -0.25) is 0 Å². The third-order valence-corrected chi connectivity index (χ3v) is 3.49. The number of nitriles is 1. The number of anilines is 1. The van der Waals surface area contributed by atoms with E-state index in [2.05, 4.69) is 16.3 Å². The van der Waals surface area contributed by atoms with Crippen molar-refractivity contribution in [1.82, 2.24) is 10.2 Å². The molecular weight excluding hydrogens is 243 g/mol. The zero-order valence-electron chi connectivity index (χ0n) is 10.4. The lowest BCUT2D eigenvalue weighted by molar-refractivity contribution is 0.277. The zero-order valence-corrected chi connectivity index (χ0v) is 10.4. The average molecular weight is 256 g/mol. The number of hydrogen-bond acceptors (Lipinski definition) is 4. The molecule has 0 bridgehead atoms. The molecule has 1 aliphatic rings. The Morgan fingerprint density at radius 2 is 1.95 bits per heavy atom. The van der Waals surface area contributed by atoms with Gasteiger partial charge in [-0.05, 0) is 18.9 Å². The van der Waals surface area contributed by atoms with E-state index in [9.17, 15) is 9.65 Å². The van der Waals surface area contributed by atoms with Crippen LogP contribution in [0.2, 0.25) is 0 Å². The van der Waals surface area contributed by atoms with Crippen molar-refractivity contribution in [2.75, 3.05) is 18.0 Å². The van der Waals surface area contributed by atoms with E-state index in [0.717, 1.165) is 16.6 Å². The Labute approximate surface area is 110 Å². The van der Waals surface area contributed by atoms with Crippen LogP contribution in [0.5, 0.6) is 0 Å². The van der Waals surface area contributed by atoms with Crippen molar-refractivity contribution in [3.63, 3.8) is 0 Å². The van der Waals surface area contributed by atoms with Crippen molar-refractivity contribution in [2.45, 2.75) is 19.0 Å². The summed E-state index contributed by atoms with van der Waals surface area (Å²) in [5.41, 5.74) is 1.87. The SMILES string of the molecule is N#Cc1nnc2ccccc2c1N1CCC(F)CC1. The van der Waals surface area contributed by atoms with Crippen molar-refractivity contribution < 1.29 is 4.39 Å². The summed E-state index contributed by atoms with van der Waals surface area (Å²) in [6, 6.07) is 9.69. The second-order valence-corrected chi connectivity index (χ2v) is 4.69. The van der Waals surface area contributed by atoms with E-state index in [4.69, 9.17) is 0 Å². The summed E-state index contributed by atoms with van der Waals surface area (Å²) < 4.78 is 13.2. The van der Waals surface area contributed by atoms with Crippen LogP contribution in [0.1, 0.15) is 18.5 Å². The van der Waals surface area contributed by atoms with E-state index in [1.807, 2.05) is 29.2 Å². The van der Waals surface area contributed by atoms with Crippen molar-refractivity contribution in [3.05, 3.63) is 30.0 Å². The molecule has 1 aromatic heterocycles. The largest absolute Gasteiger partial charge is 0.368 e. The molecule has 0 unspecified atom stereocenters. The van der Waals surface area contributed by atoms with Gasteiger partial charge in [0.1, 0.15) is 12.2 Å². The molecule has 0 radical (unpaired) electrons. The van der Waals surface area contributed by atoms with Crippen molar-refractivity contribution in [2.24, 2.45) is 0 Å². The van der Waals surface area contributed by atoms with Gasteiger partial charge in [-0.15, -0.1) is 10.2 Å². The molecule has 2 heterocycles. The fourth-order valence-electron chi connectivity index (χ4n) is 2.51. The van der Waals surface area contributed by atoms with Crippen LogP contribution in [0.4, 0.5) is 10.1 Å². The number of halogens is 1. The summed E-state index contributed by atoms with van der Waals surface area (Å²) in [4.78, 5) is 2.05. The predicted molar refractivity (Wildman–Crippen MR) is 70.6 cm³/mol. The van der Waals surface area contributed by atoms with Crippen LogP contribution >= 0.6 is 0 Å². The first-order valence-electron chi connectivity index (χ1n) is 6.34. The number of rotatable bonds is 1. The molecule has 0 amide bonds. The van der Waals surface area contributed by atoms with Gasteiger partial charge in [-0.1, -0.05) is 18.2 Å². The maximum atomic E-state index is 13.2. The molecular formula is C14H13FN4. The Morgan fingerprint density at radius 1 is 1.21 bits per heavy atom. The Morgan fingerprint density at radius 3 is 2.68 bits per heavy atom. The summed E-state index contributed by atoms with van der Waals surface area (Å²) in [5.74, 6) is 0. The van der Waals surface area contributed by atoms with E-state index in [1.54, 1.807) is 0 Å². The molecule has 19 heavy (non-hydrogen) atoms. The van der Waals surface area contributed by atoms with Crippen LogP contribution < -0.4 is 4.90 Å². The maximum Gasteiger partial charge on any atom is 0.187 e. The highest BCUT2D eigenvalue weighted by molar-refractivity contribution is 5.93. The first-order chi connectivity index (χ1) is 9.29. The molecule has 1 aromatic carbocycles. The zero-order chi connectivity index (χ0) is 13.2. The van der Waals surface area contributed by atoms with Crippen LogP contribution in [0, 0.1) is 11.3 Å². The van der Waals surface area contributed by atoms with Gasteiger partial charge in [-0.25, -0.2) is 4.39 Å². The van der Waals surface area contributed by atoms with Crippen LogP contribution in [-0.2, 0) is 0 Å². The molecule has 3 rings (SSSR count). The van der Waals surface area contributed by atoms with Crippen LogP contribution in [-0.4, -0.2) is 29.5 Å². The molecule has 1 saturated heterocycles. The van der Waals surface area contributed by atoms with Gasteiger partial charge in [0.05, 0.1) is 11.2 Å². The molecule has 4 nitrogen and oxygen atoms in total. The molecule has 0 N–H and O–H groups in total. The van der Waals surface area contributed by atoms with Gasteiger partial charge < -0.3 is 4.90 Å². The molecule has 1 fully saturated rings. The topological polar surface area (TPSA) is 52.8 Å². The fraction of sp³-hybridized carbons (Fsp3) is 0.357. The smallest absolute Gasteiger partial charge is 0.187 e. The average Bonchev–Trinajstić information content (AvgIpc) is 2.47. The third kappa shape index (κ3) is 2.10. The van der Waals surface area contributed by atoms with Crippen LogP contribution in [0.3, 0.4) is 0 Å². The second kappa shape index (κ2) is 4.81. The lowest BCUT2D eigenvalue weighted by Crippen LogP contribution is -2.35. The highest BCUT2D eigenvalue weighted by Gasteiger charge is 2.23. The Bertz CT molecular complexity index is 641. The highest BCUT2D eigenvalue weighted by Crippen LogP contribution is 2.30. The molecule has 5 heteroatoms. The number of fused-ring (bicyclic) bond motifs is 1. The number of nitrogens with zero attached hydrogens (tertiary/aromatic N) is 4. The molecule has 2 aromatic rings. The lowest BCUT2D eigenvalue weighted by atomic mass is 10.1. The Kier molecular flexibility index (Phi) is 3.00. The molecule has 1 aliphatic heterocycles. The maximum absolute atomic E-state index is 13.2. The summed E-state index contributed by atoms with van der Waals surface area (Å²) in [6.45, 7) is 1.23. The minimum atomic E-state index is -0.733. The quantitative estimate of drug-likeness (QED) is 0.786. The van der Waals surface area contributed by atoms with E-state index in [-0.39, 0.29) is 0 Å². The molecule has 0 atom stereocenters. The first kappa shape index (κ1) is 11.8. The van der Waals surface area contributed by atoms with Crippen LogP contribution in [0.25, 0.3) is 10.9 Å². The van der Waals surface area contributed by atoms with Gasteiger partial charge in [0.15, 0.2) is 5.69 Å². The summed E-state index contributed by atoms with van der Waals surface area (Å²) in [5, 5.41) is 18.1. The number of hydrogen-bond donors (Lipinski definition) is 0. The van der Waals surface area contributed by atoms with Crippen molar-refractivity contribution >= 4 is 16.6 Å². The molecule has 0 spiro atoms. The summed E-state index contributed by atoms with van der Waals surface area (Å²) >= 11 is 0. The third-order valence-electron chi connectivity index (χ3n) is 3.49. The number of piperidine rings is 1. The van der Waals surface area contributed by atoms with Crippen LogP contribution in [0.15, 0.2) is 24.3 Å². The normalized spacial score (nSPS) is 16.5. The Balaban J connectivity index is 2.12. The standard InChI is InChI=1S/C14H13FN4/c15-10-5-7-19(8-6-10)14-11-3-1-2-4-12(11)17-18-13(14)9-16/h1-4,10H,5-8H2. The van der Waals surface area contributed by atoms with Gasteiger partial charge in [0.2, 0.25) is 0 Å². The Hall–Kier alpha value is -2.22. The fourth-order valence-corrected chi connectivity index (χ4v) is 2.51. The lowest BCUT2D eigenvalue weighted by Gasteiger charge is -2.31. The minimum Gasteiger partial charge on any atom is -0.368 e. The van der Waals surface area contributed by atoms with E-state index in [1.165, 1.54) is 0 Å². The monoisotopic (exact) mass is 256 g/mol. The van der Waals surface area contributed by atoms with Gasteiger partial charge in [0.25, 0.3) is 0 Å². The number of benzene rings is 1. The van der Waals surface area contributed by atoms with E-state index in [0.29, 0.717) is 31.6 Å². The number of alkyl halides is 1. The molecule has 0 saturated carbocycles. The first-order valence-corrected chi connectivity index (χ1v) is 6.34. The van der Waals surface area contributed by atoms with Crippen molar-refractivity contribution in [3.8, 4) is 6.07 Å². The second-order valence-electron chi connectivity index (χ2n) is 4.69. The van der Waals surface area contributed by atoms with Gasteiger partial charge >= 0.3 is 0 Å². The van der Waals surface area contributed by atoms with Gasteiger partial charge in [0, 0.05) is 18.5 Å². The molecule has 0 aliphatic carbocycles. The van der Waals surface area contributed by atoms with Gasteiger partial charge in [-0.2, -0.15) is 5.26 Å². The van der Waals surface area contributed by atoms with E-state index >= 15 is 0 Å². The summed E-state index contributed by atoms with van der Waals surface area (Å²) in [7, 11) is 0. The van der Waals surface area contributed by atoms with E-state index < -0.39 is 6.17 Å². The predicted octanol–water partition coefficient (Wildman–Crippen LogP) is 2.44. The minimum absolute atomic E-state index is 0.316. The highest BCUT2D eigenvalue weighted by atomic mass is 19.1. The molecule has 96 valence electrons. The summed E-state index contributed by atoms with van der Waals surface area (Å²) in [6.07, 6.45) is 0.270.